The Balaban J connectivity index is 1.70. The third-order valence-corrected chi connectivity index (χ3v) is 6.13. The van der Waals surface area contributed by atoms with Gasteiger partial charge in [0.1, 0.15) is 11.6 Å². The van der Waals surface area contributed by atoms with Crippen LogP contribution in [0.4, 0.5) is 14.6 Å². The van der Waals surface area contributed by atoms with Crippen LogP contribution in [0.25, 0.3) is 17.3 Å². The fourth-order valence-electron chi connectivity index (χ4n) is 3.46. The number of pyridine rings is 1. The molecule has 1 fully saturated rings. The molecule has 10 heteroatoms. The van der Waals surface area contributed by atoms with E-state index in [0.717, 1.165) is 55.6 Å². The predicted molar refractivity (Wildman–Crippen MR) is 116 cm³/mol. The second-order valence-electron chi connectivity index (χ2n) is 7.36. The average Bonchev–Trinajstić information content (AvgIpc) is 3.21. The highest BCUT2D eigenvalue weighted by atomic mass is 32.2. The molecule has 0 amide bonds. The van der Waals surface area contributed by atoms with E-state index < -0.39 is 23.1 Å². The van der Waals surface area contributed by atoms with Crippen molar-refractivity contribution in [2.75, 3.05) is 37.8 Å². The van der Waals surface area contributed by atoms with Crippen LogP contribution in [-0.2, 0) is 11.0 Å². The SMILES string of the molecule is CN(CC1CCCN(c2cc(-c3cnc(/C=C\C(=N)C(F)F)[nH]3)ccn2)C1)S(C)=O. The number of alkyl halides is 2. The number of nitrogens with zero attached hydrogens (tertiary/aromatic N) is 4. The zero-order valence-corrected chi connectivity index (χ0v) is 17.8. The standard InChI is InChI=1S/C20H26F2N6OS/c1-27(30(2)29)12-14-4-3-9-28(13-14)19-10-15(7-8-24-19)17-11-25-18(26-17)6-5-16(23)20(21)22/h5-8,10-11,14,20,23H,3-4,9,12-13H2,1-2H3,(H,25,26)/b6-5-,23-16?. The number of imidazole rings is 1. The van der Waals surface area contributed by atoms with Crippen LogP contribution in [0.1, 0.15) is 18.7 Å². The molecule has 1 aliphatic heterocycles. The van der Waals surface area contributed by atoms with E-state index in [4.69, 9.17) is 5.41 Å². The van der Waals surface area contributed by atoms with Gasteiger partial charge in [0.05, 0.1) is 28.6 Å². The topological polar surface area (TPSA) is 89.0 Å². The minimum absolute atomic E-state index is 0.405. The van der Waals surface area contributed by atoms with Crippen molar-refractivity contribution in [3.63, 3.8) is 0 Å². The third kappa shape index (κ3) is 5.79. The summed E-state index contributed by atoms with van der Waals surface area (Å²) >= 11 is 0. The van der Waals surface area contributed by atoms with Crippen molar-refractivity contribution in [3.8, 4) is 11.3 Å². The molecule has 0 bridgehead atoms. The van der Waals surface area contributed by atoms with Gasteiger partial charge in [0, 0.05) is 37.7 Å². The van der Waals surface area contributed by atoms with Gasteiger partial charge >= 0.3 is 0 Å². The molecule has 30 heavy (non-hydrogen) atoms. The fraction of sp³-hybridized carbons (Fsp3) is 0.450. The van der Waals surface area contributed by atoms with Crippen molar-refractivity contribution >= 4 is 28.6 Å². The van der Waals surface area contributed by atoms with Crippen LogP contribution < -0.4 is 4.90 Å². The number of anilines is 1. The Morgan fingerprint density at radius 1 is 1.50 bits per heavy atom. The summed E-state index contributed by atoms with van der Waals surface area (Å²) in [6, 6.07) is 3.84. The largest absolute Gasteiger partial charge is 0.356 e. The predicted octanol–water partition coefficient (Wildman–Crippen LogP) is 3.21. The first kappa shape index (κ1) is 22.2. The molecule has 0 aromatic carbocycles. The van der Waals surface area contributed by atoms with Gasteiger partial charge in [0.15, 0.2) is 0 Å². The van der Waals surface area contributed by atoms with Crippen LogP contribution in [0.2, 0.25) is 0 Å². The number of allylic oxidation sites excluding steroid dienone is 1. The lowest BCUT2D eigenvalue weighted by molar-refractivity contribution is 0.226. The van der Waals surface area contributed by atoms with Crippen LogP contribution in [-0.4, -0.2) is 68.5 Å². The highest BCUT2D eigenvalue weighted by molar-refractivity contribution is 7.81. The van der Waals surface area contributed by atoms with Gasteiger partial charge < -0.3 is 9.88 Å². The van der Waals surface area contributed by atoms with Crippen molar-refractivity contribution in [3.05, 3.63) is 36.4 Å². The quantitative estimate of drug-likeness (QED) is 0.622. The van der Waals surface area contributed by atoms with Crippen LogP contribution >= 0.6 is 0 Å². The molecule has 3 heterocycles. The zero-order chi connectivity index (χ0) is 21.7. The molecule has 1 saturated heterocycles. The molecule has 2 atom stereocenters. The number of H-pyrrole nitrogens is 1. The Bertz CT molecular complexity index is 932. The van der Waals surface area contributed by atoms with Gasteiger partial charge in [-0.15, -0.1) is 0 Å². The Labute approximate surface area is 177 Å². The smallest absolute Gasteiger partial charge is 0.279 e. The maximum absolute atomic E-state index is 12.4. The lowest BCUT2D eigenvalue weighted by atomic mass is 9.98. The minimum atomic E-state index is -2.80. The van der Waals surface area contributed by atoms with Gasteiger partial charge in [0.25, 0.3) is 6.43 Å². The molecule has 1 aliphatic rings. The van der Waals surface area contributed by atoms with Gasteiger partial charge in [-0.05, 0) is 50.1 Å². The number of nitrogens with one attached hydrogen (secondary N) is 2. The van der Waals surface area contributed by atoms with E-state index in [-0.39, 0.29) is 0 Å². The summed E-state index contributed by atoms with van der Waals surface area (Å²) in [6.45, 7) is 2.55. The normalized spacial score (nSPS) is 18.5. The molecule has 0 aliphatic carbocycles. The third-order valence-electron chi connectivity index (χ3n) is 5.11. The molecule has 2 aromatic rings. The summed E-state index contributed by atoms with van der Waals surface area (Å²) < 4.78 is 38.4. The number of hydrogen-bond acceptors (Lipinski definition) is 5. The fourth-order valence-corrected chi connectivity index (χ4v) is 3.88. The average molecular weight is 437 g/mol. The molecule has 0 saturated carbocycles. The molecule has 7 nitrogen and oxygen atoms in total. The molecule has 2 N–H and O–H groups in total. The van der Waals surface area contributed by atoms with E-state index in [9.17, 15) is 13.0 Å². The van der Waals surface area contributed by atoms with Crippen molar-refractivity contribution in [2.24, 2.45) is 5.92 Å². The zero-order valence-electron chi connectivity index (χ0n) is 17.0. The molecule has 2 unspecified atom stereocenters. The van der Waals surface area contributed by atoms with Gasteiger partial charge in [-0.1, -0.05) is 0 Å². The van der Waals surface area contributed by atoms with Crippen LogP contribution in [0.15, 0.2) is 30.6 Å². The molecule has 0 spiro atoms. The molecule has 3 rings (SSSR count). The lowest BCUT2D eigenvalue weighted by Crippen LogP contribution is -2.40. The number of aromatic amines is 1. The molecule has 162 valence electrons. The van der Waals surface area contributed by atoms with Gasteiger partial charge in [-0.3, -0.25) is 5.41 Å². The van der Waals surface area contributed by atoms with E-state index in [2.05, 4.69) is 19.9 Å². The second kappa shape index (κ2) is 10.0. The van der Waals surface area contributed by atoms with Crippen molar-refractivity contribution in [1.82, 2.24) is 19.3 Å². The van der Waals surface area contributed by atoms with E-state index in [1.807, 2.05) is 23.5 Å². The maximum atomic E-state index is 12.4. The van der Waals surface area contributed by atoms with Crippen molar-refractivity contribution < 1.29 is 13.0 Å². The van der Waals surface area contributed by atoms with Gasteiger partial charge in [-0.2, -0.15) is 0 Å². The highest BCUT2D eigenvalue weighted by Gasteiger charge is 2.23. The van der Waals surface area contributed by atoms with Gasteiger partial charge in [0.2, 0.25) is 0 Å². The highest BCUT2D eigenvalue weighted by Crippen LogP contribution is 2.26. The van der Waals surface area contributed by atoms with Crippen molar-refractivity contribution in [1.29, 1.82) is 5.41 Å². The summed E-state index contributed by atoms with van der Waals surface area (Å²) in [7, 11) is 0.902. The van der Waals surface area contributed by atoms with Crippen LogP contribution in [0, 0.1) is 11.3 Å². The number of halogens is 2. The number of hydrogen-bond donors (Lipinski definition) is 2. The van der Waals surface area contributed by atoms with E-state index >= 15 is 0 Å². The van der Waals surface area contributed by atoms with Gasteiger partial charge in [-0.25, -0.2) is 27.3 Å². The Hall–Kier alpha value is -2.46. The summed E-state index contributed by atoms with van der Waals surface area (Å²) in [5.74, 6) is 1.69. The van der Waals surface area contributed by atoms with Crippen LogP contribution in [0.3, 0.4) is 0 Å². The lowest BCUT2D eigenvalue weighted by Gasteiger charge is -2.35. The Morgan fingerprint density at radius 2 is 2.30 bits per heavy atom. The monoisotopic (exact) mass is 436 g/mol. The van der Waals surface area contributed by atoms with E-state index in [1.165, 1.54) is 6.08 Å². The summed E-state index contributed by atoms with van der Waals surface area (Å²) in [5.41, 5.74) is 0.887. The van der Waals surface area contributed by atoms with E-state index in [0.29, 0.717) is 11.7 Å². The first-order chi connectivity index (χ1) is 14.3. The minimum Gasteiger partial charge on any atom is -0.356 e. The Kier molecular flexibility index (Phi) is 7.43. The summed E-state index contributed by atoms with van der Waals surface area (Å²) in [4.78, 5) is 14.0. The number of rotatable bonds is 8. The summed E-state index contributed by atoms with van der Waals surface area (Å²) in [6.07, 6.45) is 6.82. The number of aromatic nitrogens is 3. The summed E-state index contributed by atoms with van der Waals surface area (Å²) in [5, 5.41) is 7.17. The first-order valence-electron chi connectivity index (χ1n) is 9.69. The van der Waals surface area contributed by atoms with Crippen LogP contribution in [0.5, 0.6) is 0 Å². The molecular weight excluding hydrogens is 410 g/mol. The van der Waals surface area contributed by atoms with E-state index in [1.54, 1.807) is 18.6 Å². The maximum Gasteiger partial charge on any atom is 0.279 e. The molecule has 2 aromatic heterocycles. The molecule has 0 radical (unpaired) electrons. The second-order valence-corrected chi connectivity index (χ2v) is 8.83. The number of piperidine rings is 1. The molecular formula is C20H26F2N6OS. The Morgan fingerprint density at radius 3 is 3.03 bits per heavy atom. The first-order valence-corrected chi connectivity index (χ1v) is 11.2. The van der Waals surface area contributed by atoms with Crippen molar-refractivity contribution in [2.45, 2.75) is 19.3 Å².